The van der Waals surface area contributed by atoms with Crippen molar-refractivity contribution in [3.63, 3.8) is 0 Å². The van der Waals surface area contributed by atoms with Crippen LogP contribution in [-0.2, 0) is 24.2 Å². The molecule has 0 bridgehead atoms. The molecule has 0 amide bonds. The van der Waals surface area contributed by atoms with Crippen LogP contribution in [0.25, 0.3) is 21.4 Å². The molecular formula is C57H62BrClF6N22O2S2. The second-order valence-electron chi connectivity index (χ2n) is 19.5. The van der Waals surface area contributed by atoms with Crippen molar-refractivity contribution in [2.45, 2.75) is 97.4 Å². The molecule has 3 saturated heterocycles. The summed E-state index contributed by atoms with van der Waals surface area (Å²) in [6, 6.07) is 12.6. The fourth-order valence-electron chi connectivity index (χ4n) is 8.83. The summed E-state index contributed by atoms with van der Waals surface area (Å²) in [7, 11) is 0. The summed E-state index contributed by atoms with van der Waals surface area (Å²) in [5.74, 6) is 5.25. The largest absolute Gasteiger partial charge is 0.471 e. The first kappa shape index (κ1) is 68.2. The number of rotatable bonds is 12. The molecule has 0 radical (unpaired) electrons. The summed E-state index contributed by atoms with van der Waals surface area (Å²) in [5.41, 5.74) is 5.18. The van der Waals surface area contributed by atoms with Gasteiger partial charge in [0.05, 0.1) is 34.9 Å². The average molecular weight is 1380 g/mol. The number of anilines is 8. The normalized spacial score (nSPS) is 13.5. The molecule has 13 heterocycles. The molecule has 0 aliphatic carbocycles. The number of aromatic nitrogens is 16. The summed E-state index contributed by atoms with van der Waals surface area (Å²) in [4.78, 5) is 69.0. The second-order valence-corrected chi connectivity index (χ2v) is 22.8. The molecule has 10 aromatic rings. The highest BCUT2D eigenvalue weighted by Gasteiger charge is 2.39. The fraction of sp³-hybridized carbons (Fsp3) is 0.368. The number of thiophene rings is 2. The van der Waals surface area contributed by atoms with Crippen molar-refractivity contribution >= 4 is 96.7 Å². The third-order valence-corrected chi connectivity index (χ3v) is 16.1. The van der Waals surface area contributed by atoms with E-state index in [-0.39, 0.29) is 11.6 Å². The lowest BCUT2D eigenvalue weighted by atomic mass is 10.3. The molecule has 10 aromatic heterocycles. The number of halogens is 8. The van der Waals surface area contributed by atoms with Crippen LogP contribution >= 0.6 is 50.2 Å². The van der Waals surface area contributed by atoms with Gasteiger partial charge in [0.15, 0.2) is 5.82 Å². The van der Waals surface area contributed by atoms with Crippen LogP contribution < -0.4 is 30.7 Å². The third-order valence-electron chi connectivity index (χ3n) is 12.8. The predicted octanol–water partition coefficient (Wildman–Crippen LogP) is 13.4. The van der Waals surface area contributed by atoms with Gasteiger partial charge in [-0.15, -0.1) is 22.7 Å². The van der Waals surface area contributed by atoms with E-state index in [1.165, 1.54) is 54.6 Å². The Kier molecular flexibility index (Phi) is 24.6. The van der Waals surface area contributed by atoms with E-state index in [2.05, 4.69) is 125 Å². The highest BCUT2D eigenvalue weighted by Crippen LogP contribution is 2.36. The third kappa shape index (κ3) is 20.4. The molecule has 480 valence electrons. The zero-order valence-corrected chi connectivity index (χ0v) is 53.8. The van der Waals surface area contributed by atoms with Gasteiger partial charge in [-0.05, 0) is 83.6 Å². The number of alkyl halides is 7. The van der Waals surface area contributed by atoms with Gasteiger partial charge in [-0.2, -0.15) is 36.3 Å². The number of hydrogen-bond acceptors (Lipinski definition) is 26. The molecule has 0 unspecified atom stereocenters. The summed E-state index contributed by atoms with van der Waals surface area (Å²) in [6.45, 7) is 16.2. The SMILES string of the molecule is CC.Cc1nc(Cl)cc(N2CCCC2)n1.Cc1nc(N2CCCC2)cc(N(Cc2ccc(-c3noc(C(F)(F)F)n3)s2)c2cnccn2)n1.Cc1nc(Nc2cnccn2)cc(N2CCCC2)n1.FC(F)(F)c1nc(-c2ccc(CBr)s2)no1.Nc1cnccn1. The van der Waals surface area contributed by atoms with Crippen LogP contribution in [0.4, 0.5) is 72.9 Å². The summed E-state index contributed by atoms with van der Waals surface area (Å²) in [6.07, 6.45) is 12.3. The molecule has 0 saturated carbocycles. The van der Waals surface area contributed by atoms with Gasteiger partial charge in [0.2, 0.25) is 11.6 Å². The molecule has 3 aliphatic heterocycles. The number of nitrogens with zero attached hydrogens (tertiary/aromatic N) is 20. The maximum Gasteiger partial charge on any atom is 0.471 e. The maximum absolute atomic E-state index is 12.8. The van der Waals surface area contributed by atoms with Crippen molar-refractivity contribution in [1.82, 2.24) is 80.1 Å². The van der Waals surface area contributed by atoms with Crippen molar-refractivity contribution in [3.05, 3.63) is 142 Å². The lowest BCUT2D eigenvalue weighted by Crippen LogP contribution is -2.23. The van der Waals surface area contributed by atoms with Crippen LogP contribution in [0.1, 0.15) is 91.4 Å². The quantitative estimate of drug-likeness (QED) is 0.0653. The Hall–Kier alpha value is -8.69. The number of nitrogen functional groups attached to an aromatic ring is 1. The molecule has 3 aliphatic rings. The monoisotopic (exact) mass is 1380 g/mol. The van der Waals surface area contributed by atoms with E-state index >= 15 is 0 Å². The van der Waals surface area contributed by atoms with E-state index in [1.807, 2.05) is 63.8 Å². The lowest BCUT2D eigenvalue weighted by molar-refractivity contribution is -0.160. The van der Waals surface area contributed by atoms with Crippen molar-refractivity contribution < 1.29 is 35.4 Å². The smallest absolute Gasteiger partial charge is 0.382 e. The highest BCUT2D eigenvalue weighted by atomic mass is 79.9. The first-order valence-electron chi connectivity index (χ1n) is 28.4. The summed E-state index contributed by atoms with van der Waals surface area (Å²) < 4.78 is 83.5. The Morgan fingerprint density at radius 2 is 1.02 bits per heavy atom. The Labute approximate surface area is 540 Å². The second kappa shape index (κ2) is 32.9. The van der Waals surface area contributed by atoms with Gasteiger partial charge in [-0.25, -0.2) is 44.9 Å². The standard InChI is InChI=1S/C21H19F3N8OS.C13H16N6.C9H12ClN3.C8H4BrF3N2OS.C4H5N3.C2H6/c1-13-27-16(31-8-2-3-9-31)10-17(28-13)32(18-11-25-6-7-26-18)12-14-4-5-15(34-14)19-29-20(33-30-19)21(22,23)24;1-10-16-11(18-12-9-14-4-5-15-12)8-13(17-10)19-6-2-3-7-19;1-7-11-8(10)6-9(12-7)13-4-2-3-5-13;9-3-4-1-2-5(16-4)6-13-7(15-14-6)8(10,11)12;5-4-3-6-1-2-7-4;1-2/h4-7,10-11H,2-3,8-9,12H2,1H3;4-5,8-9H,2-3,6-7H2,1H3,(H,15,16,17,18);6H,2-5H2,1H3;1-2H,3H2;1-3H,(H2,5,7);1-2H3. The highest BCUT2D eigenvalue weighted by molar-refractivity contribution is 9.08. The Morgan fingerprint density at radius 3 is 1.46 bits per heavy atom. The zero-order valence-electron chi connectivity index (χ0n) is 49.8. The van der Waals surface area contributed by atoms with Crippen molar-refractivity contribution in [3.8, 4) is 21.4 Å². The molecule has 0 aromatic carbocycles. The Morgan fingerprint density at radius 1 is 0.549 bits per heavy atom. The average Bonchev–Trinajstić information content (AvgIpc) is 2.41. The van der Waals surface area contributed by atoms with Gasteiger partial charge in [0.25, 0.3) is 0 Å². The maximum atomic E-state index is 12.8. The fourth-order valence-corrected chi connectivity index (χ4v) is 11.3. The van der Waals surface area contributed by atoms with Gasteiger partial charge in [0, 0.05) is 110 Å². The van der Waals surface area contributed by atoms with Crippen LogP contribution in [-0.4, -0.2) is 119 Å². The molecule has 3 N–H and O–H groups in total. The van der Waals surface area contributed by atoms with E-state index in [4.69, 9.17) is 17.3 Å². The number of nitrogens with one attached hydrogen (secondary N) is 1. The van der Waals surface area contributed by atoms with Gasteiger partial charge in [-0.1, -0.05) is 51.7 Å². The van der Waals surface area contributed by atoms with Crippen LogP contribution in [0.2, 0.25) is 5.15 Å². The van der Waals surface area contributed by atoms with Crippen molar-refractivity contribution in [2.24, 2.45) is 0 Å². The van der Waals surface area contributed by atoms with Gasteiger partial charge in [0.1, 0.15) is 63.4 Å². The molecular weight excluding hydrogens is 1320 g/mol. The van der Waals surface area contributed by atoms with Crippen LogP contribution in [0.15, 0.2) is 107 Å². The first-order chi connectivity index (χ1) is 43.8. The van der Waals surface area contributed by atoms with Crippen molar-refractivity contribution in [1.29, 1.82) is 0 Å². The first-order valence-corrected chi connectivity index (χ1v) is 31.6. The van der Waals surface area contributed by atoms with E-state index in [0.29, 0.717) is 55.9 Å². The molecule has 24 nitrogen and oxygen atoms in total. The summed E-state index contributed by atoms with van der Waals surface area (Å²) >= 11 is 11.7. The molecule has 91 heavy (non-hydrogen) atoms. The molecule has 0 spiro atoms. The lowest BCUT2D eigenvalue weighted by Gasteiger charge is -2.24. The number of hydrogen-bond donors (Lipinski definition) is 2. The van der Waals surface area contributed by atoms with Crippen molar-refractivity contribution in [2.75, 3.05) is 69.9 Å². The number of aryl methyl sites for hydroxylation is 3. The molecule has 13 rings (SSSR count). The number of nitrogens with two attached hydrogens (primary N) is 1. The van der Waals surface area contributed by atoms with Gasteiger partial charge >= 0.3 is 24.1 Å². The van der Waals surface area contributed by atoms with Gasteiger partial charge < -0.3 is 39.7 Å². The van der Waals surface area contributed by atoms with Gasteiger partial charge in [-0.3, -0.25) is 15.0 Å². The zero-order chi connectivity index (χ0) is 64.9. The topological polar surface area (TPSA) is 284 Å². The van der Waals surface area contributed by atoms with Crippen LogP contribution in [0.3, 0.4) is 0 Å². The van der Waals surface area contributed by atoms with Crippen LogP contribution in [0, 0.1) is 20.8 Å². The van der Waals surface area contributed by atoms with E-state index in [1.54, 1.807) is 67.8 Å². The van der Waals surface area contributed by atoms with E-state index in [0.717, 1.165) is 96.8 Å². The molecule has 3 fully saturated rings. The van der Waals surface area contributed by atoms with Crippen LogP contribution in [0.5, 0.6) is 0 Å². The van der Waals surface area contributed by atoms with E-state index in [9.17, 15) is 26.3 Å². The predicted molar refractivity (Wildman–Crippen MR) is 338 cm³/mol. The Balaban J connectivity index is 0.000000159. The summed E-state index contributed by atoms with van der Waals surface area (Å²) in [5, 5.41) is 11.1. The Bertz CT molecular complexity index is 3800. The minimum absolute atomic E-state index is 0.0375. The van der Waals surface area contributed by atoms with E-state index < -0.39 is 24.1 Å². The minimum Gasteiger partial charge on any atom is -0.382 e. The molecule has 34 heteroatoms. The molecule has 0 atom stereocenters. The minimum atomic E-state index is -4.69.